The number of hydrogen-bond donors (Lipinski definition) is 0. The van der Waals surface area contributed by atoms with Gasteiger partial charge in [0.05, 0.1) is 19.8 Å². The van der Waals surface area contributed by atoms with Crippen LogP contribution in [0.3, 0.4) is 0 Å². The second-order valence-corrected chi connectivity index (χ2v) is 4.55. The largest absolute Gasteiger partial charge is 0.326 e. The van der Waals surface area contributed by atoms with Gasteiger partial charge in [0, 0.05) is 5.41 Å². The summed E-state index contributed by atoms with van der Waals surface area (Å²) in [6.45, 7) is 5.91. The van der Waals surface area contributed by atoms with Gasteiger partial charge in [0.15, 0.2) is 0 Å². The fourth-order valence-electron chi connectivity index (χ4n) is 1.42. The molecule has 0 unspecified atom stereocenters. The third-order valence-corrected chi connectivity index (χ3v) is 2.62. The maximum Gasteiger partial charge on any atom is 0.300 e. The lowest BCUT2D eigenvalue weighted by atomic mass is 9.91. The van der Waals surface area contributed by atoms with E-state index in [0.717, 1.165) is 0 Å². The molecule has 3 nitrogen and oxygen atoms in total. The normalized spacial score (nSPS) is 49.2. The van der Waals surface area contributed by atoms with Gasteiger partial charge < -0.3 is 14.2 Å². The SMILES string of the molecule is C[C@@H](Cl)C12OCC(C)(CO1)CO2. The summed E-state index contributed by atoms with van der Waals surface area (Å²) in [5.41, 5.74) is 0.0214. The summed E-state index contributed by atoms with van der Waals surface area (Å²) < 4.78 is 16.4. The maximum absolute atomic E-state index is 5.91. The van der Waals surface area contributed by atoms with Gasteiger partial charge in [0.1, 0.15) is 5.38 Å². The fraction of sp³-hybridized carbons (Fsp3) is 1.00. The highest BCUT2D eigenvalue weighted by molar-refractivity contribution is 6.20. The van der Waals surface area contributed by atoms with E-state index >= 15 is 0 Å². The molecule has 0 amide bonds. The maximum atomic E-state index is 5.91. The van der Waals surface area contributed by atoms with Crippen molar-refractivity contribution in [1.82, 2.24) is 0 Å². The van der Waals surface area contributed by atoms with Crippen LogP contribution in [0.2, 0.25) is 0 Å². The topological polar surface area (TPSA) is 27.7 Å². The smallest absolute Gasteiger partial charge is 0.300 e. The van der Waals surface area contributed by atoms with Crippen molar-refractivity contribution in [2.75, 3.05) is 19.8 Å². The first kappa shape index (κ1) is 8.75. The van der Waals surface area contributed by atoms with Crippen LogP contribution >= 0.6 is 11.6 Å². The summed E-state index contributed by atoms with van der Waals surface area (Å²) in [5.74, 6) is -0.973. The predicted octanol–water partition coefficient (Wildman–Crippen LogP) is 1.35. The van der Waals surface area contributed by atoms with Gasteiger partial charge in [0.25, 0.3) is 5.97 Å². The Labute approximate surface area is 76.9 Å². The van der Waals surface area contributed by atoms with Crippen molar-refractivity contribution in [3.05, 3.63) is 0 Å². The zero-order chi connectivity index (χ0) is 8.82. The van der Waals surface area contributed by atoms with Gasteiger partial charge in [-0.15, -0.1) is 11.6 Å². The number of halogens is 1. The number of rotatable bonds is 1. The summed E-state index contributed by atoms with van der Waals surface area (Å²) in [5, 5.41) is -0.276. The number of fused-ring (bicyclic) bond motifs is 3. The van der Waals surface area contributed by atoms with E-state index in [4.69, 9.17) is 25.8 Å². The molecule has 3 aliphatic heterocycles. The second-order valence-electron chi connectivity index (χ2n) is 3.90. The molecule has 4 heteroatoms. The first-order valence-electron chi connectivity index (χ1n) is 4.12. The quantitative estimate of drug-likeness (QED) is 0.587. The van der Waals surface area contributed by atoms with E-state index < -0.39 is 5.97 Å². The minimum absolute atomic E-state index is 0.0214. The Morgan fingerprint density at radius 3 is 1.92 bits per heavy atom. The molecule has 3 aliphatic rings. The summed E-state index contributed by atoms with van der Waals surface area (Å²) in [4.78, 5) is 0. The van der Waals surface area contributed by atoms with Gasteiger partial charge in [-0.2, -0.15) is 0 Å². The van der Waals surface area contributed by atoms with Crippen molar-refractivity contribution < 1.29 is 14.2 Å². The van der Waals surface area contributed by atoms with Crippen LogP contribution in [0.4, 0.5) is 0 Å². The summed E-state index contributed by atoms with van der Waals surface area (Å²) in [6.07, 6.45) is 0. The van der Waals surface area contributed by atoms with E-state index in [1.807, 2.05) is 6.92 Å². The van der Waals surface area contributed by atoms with E-state index in [-0.39, 0.29) is 10.8 Å². The van der Waals surface area contributed by atoms with Crippen molar-refractivity contribution in [2.24, 2.45) is 5.41 Å². The molecule has 0 aromatic rings. The lowest BCUT2D eigenvalue weighted by molar-refractivity contribution is -0.464. The monoisotopic (exact) mass is 192 g/mol. The molecule has 0 saturated carbocycles. The molecule has 0 N–H and O–H groups in total. The number of alkyl halides is 1. The van der Waals surface area contributed by atoms with E-state index in [1.165, 1.54) is 0 Å². The van der Waals surface area contributed by atoms with Crippen LogP contribution in [0, 0.1) is 5.41 Å². The molecule has 3 saturated heterocycles. The molecule has 1 atom stereocenters. The standard InChI is InChI=1S/C8H13ClO3/c1-6(9)8-10-3-7(2,4-11-8)5-12-8/h6H,3-5H2,1-2H3/t6-,7?,8?/m1/s1. The van der Waals surface area contributed by atoms with Gasteiger partial charge in [-0.3, -0.25) is 0 Å². The molecule has 0 radical (unpaired) electrons. The van der Waals surface area contributed by atoms with E-state index in [1.54, 1.807) is 0 Å². The Morgan fingerprint density at radius 1 is 1.17 bits per heavy atom. The summed E-state index contributed by atoms with van der Waals surface area (Å²) >= 11 is 5.91. The molecule has 3 heterocycles. The van der Waals surface area contributed by atoms with Crippen LogP contribution < -0.4 is 0 Å². The predicted molar refractivity (Wildman–Crippen MR) is 44.0 cm³/mol. The Bertz CT molecular complexity index is 168. The van der Waals surface area contributed by atoms with Crippen LogP contribution in [0.25, 0.3) is 0 Å². The van der Waals surface area contributed by atoms with Crippen molar-refractivity contribution in [3.63, 3.8) is 0 Å². The van der Waals surface area contributed by atoms with Crippen molar-refractivity contribution >= 4 is 11.6 Å². The zero-order valence-electron chi connectivity index (χ0n) is 7.30. The molecular formula is C8H13ClO3. The van der Waals surface area contributed by atoms with E-state index in [9.17, 15) is 0 Å². The Morgan fingerprint density at radius 2 is 1.58 bits per heavy atom. The Kier molecular flexibility index (Phi) is 1.88. The van der Waals surface area contributed by atoms with Gasteiger partial charge >= 0.3 is 0 Å². The Balaban J connectivity index is 2.14. The molecule has 0 aromatic carbocycles. The zero-order valence-corrected chi connectivity index (χ0v) is 8.06. The van der Waals surface area contributed by atoms with Crippen molar-refractivity contribution in [3.8, 4) is 0 Å². The fourth-order valence-corrected chi connectivity index (χ4v) is 1.61. The molecule has 70 valence electrons. The highest BCUT2D eigenvalue weighted by Gasteiger charge is 2.53. The first-order valence-corrected chi connectivity index (χ1v) is 4.56. The average molecular weight is 193 g/mol. The molecular weight excluding hydrogens is 180 g/mol. The van der Waals surface area contributed by atoms with E-state index in [0.29, 0.717) is 19.8 Å². The highest BCUT2D eigenvalue weighted by atomic mass is 35.5. The molecule has 0 aromatic heterocycles. The third kappa shape index (κ3) is 1.16. The molecule has 0 spiro atoms. The van der Waals surface area contributed by atoms with Crippen molar-refractivity contribution in [2.45, 2.75) is 25.2 Å². The van der Waals surface area contributed by atoms with Gasteiger partial charge in [-0.05, 0) is 6.92 Å². The minimum Gasteiger partial charge on any atom is -0.326 e. The molecule has 3 rings (SSSR count). The number of hydrogen-bond acceptors (Lipinski definition) is 3. The Hall–Kier alpha value is 0.170. The second kappa shape index (κ2) is 2.58. The number of ether oxygens (including phenoxy) is 3. The lowest BCUT2D eigenvalue weighted by Gasteiger charge is -2.51. The van der Waals surface area contributed by atoms with Crippen LogP contribution in [0.1, 0.15) is 13.8 Å². The molecule has 2 bridgehead atoms. The summed E-state index contributed by atoms with van der Waals surface area (Å²) in [7, 11) is 0. The third-order valence-electron chi connectivity index (χ3n) is 2.35. The lowest BCUT2D eigenvalue weighted by Crippen LogP contribution is -2.62. The molecule has 12 heavy (non-hydrogen) atoms. The average Bonchev–Trinajstić information content (AvgIpc) is 2.06. The van der Waals surface area contributed by atoms with Crippen LogP contribution in [0.5, 0.6) is 0 Å². The van der Waals surface area contributed by atoms with Gasteiger partial charge in [-0.25, -0.2) is 0 Å². The minimum atomic E-state index is -0.973. The highest BCUT2D eigenvalue weighted by Crippen LogP contribution is 2.40. The van der Waals surface area contributed by atoms with E-state index in [2.05, 4.69) is 6.92 Å². The first-order chi connectivity index (χ1) is 5.56. The van der Waals surface area contributed by atoms with Crippen molar-refractivity contribution in [1.29, 1.82) is 0 Å². The van der Waals surface area contributed by atoms with Crippen LogP contribution in [-0.4, -0.2) is 31.2 Å². The summed E-state index contributed by atoms with van der Waals surface area (Å²) in [6, 6.07) is 0. The van der Waals surface area contributed by atoms with Crippen LogP contribution in [0.15, 0.2) is 0 Å². The van der Waals surface area contributed by atoms with Gasteiger partial charge in [-0.1, -0.05) is 6.92 Å². The molecule has 3 fully saturated rings. The van der Waals surface area contributed by atoms with Crippen LogP contribution in [-0.2, 0) is 14.2 Å². The molecule has 0 aliphatic carbocycles. The van der Waals surface area contributed by atoms with Gasteiger partial charge in [0.2, 0.25) is 0 Å².